The second kappa shape index (κ2) is 8.50. The summed E-state index contributed by atoms with van der Waals surface area (Å²) in [7, 11) is 0. The quantitative estimate of drug-likeness (QED) is 0.680. The molecule has 0 amide bonds. The Labute approximate surface area is 135 Å². The third kappa shape index (κ3) is 6.33. The van der Waals surface area contributed by atoms with Gasteiger partial charge in [0.05, 0.1) is 11.7 Å². The molecule has 0 heterocycles. The lowest BCUT2D eigenvalue weighted by Crippen LogP contribution is -2.39. The van der Waals surface area contributed by atoms with Crippen molar-refractivity contribution in [2.45, 2.75) is 77.9 Å². The molecule has 0 spiro atoms. The summed E-state index contributed by atoms with van der Waals surface area (Å²) in [6.45, 7) is 12.0. The molecule has 2 nitrogen and oxygen atoms in total. The molecule has 2 heteroatoms. The zero-order chi connectivity index (χ0) is 16.8. The predicted molar refractivity (Wildman–Crippen MR) is 94.7 cm³/mol. The molecular formula is C20H32O2. The first-order valence-electron chi connectivity index (χ1n) is 8.30. The maximum Gasteiger partial charge on any atom is 0.0880 e. The van der Waals surface area contributed by atoms with E-state index in [-0.39, 0.29) is 0 Å². The first-order chi connectivity index (χ1) is 10.2. The van der Waals surface area contributed by atoms with Gasteiger partial charge in [-0.2, -0.15) is 0 Å². The largest absolute Gasteiger partial charge is 0.390 e. The van der Waals surface area contributed by atoms with Gasteiger partial charge in [-0.15, -0.1) is 0 Å². The van der Waals surface area contributed by atoms with Gasteiger partial charge in [-0.05, 0) is 71.8 Å². The van der Waals surface area contributed by atoms with Crippen LogP contribution in [0.15, 0.2) is 47.1 Å². The Bertz CT molecular complexity index is 478. The molecule has 2 atom stereocenters. The normalized spacial score (nSPS) is 36.1. The minimum Gasteiger partial charge on any atom is -0.390 e. The minimum atomic E-state index is -1.06. The maximum absolute atomic E-state index is 10.5. The van der Waals surface area contributed by atoms with Gasteiger partial charge < -0.3 is 10.2 Å². The van der Waals surface area contributed by atoms with Crippen molar-refractivity contribution < 1.29 is 10.2 Å². The summed E-state index contributed by atoms with van der Waals surface area (Å²) in [5.41, 5.74) is 3.76. The number of rotatable bonds is 1. The van der Waals surface area contributed by atoms with Crippen LogP contribution < -0.4 is 0 Å². The van der Waals surface area contributed by atoms with Gasteiger partial charge >= 0.3 is 0 Å². The Morgan fingerprint density at radius 2 is 1.86 bits per heavy atom. The van der Waals surface area contributed by atoms with Gasteiger partial charge in [0.2, 0.25) is 0 Å². The fourth-order valence-electron chi connectivity index (χ4n) is 2.64. The summed E-state index contributed by atoms with van der Waals surface area (Å²) < 4.78 is 0. The molecule has 124 valence electrons. The summed E-state index contributed by atoms with van der Waals surface area (Å²) in [5.74, 6) is 0. The number of hydrogen-bond donors (Lipinski definition) is 2. The van der Waals surface area contributed by atoms with E-state index in [0.717, 1.165) is 36.8 Å². The molecule has 1 aliphatic carbocycles. The highest BCUT2D eigenvalue weighted by molar-refractivity contribution is 5.31. The minimum absolute atomic E-state index is 0.544. The van der Waals surface area contributed by atoms with Crippen molar-refractivity contribution in [3.63, 3.8) is 0 Å². The van der Waals surface area contributed by atoms with Crippen LogP contribution in [0.1, 0.15) is 66.2 Å². The van der Waals surface area contributed by atoms with Crippen molar-refractivity contribution in [1.29, 1.82) is 0 Å². The van der Waals surface area contributed by atoms with Gasteiger partial charge in [-0.25, -0.2) is 0 Å². The molecule has 1 rings (SSSR count). The predicted octanol–water partition coefficient (Wildman–Crippen LogP) is 4.85. The number of aliphatic hydroxyl groups is 2. The summed E-state index contributed by atoms with van der Waals surface area (Å²) >= 11 is 0. The van der Waals surface area contributed by atoms with Crippen molar-refractivity contribution in [2.24, 2.45) is 0 Å². The Morgan fingerprint density at radius 3 is 2.50 bits per heavy atom. The zero-order valence-electron chi connectivity index (χ0n) is 14.7. The maximum atomic E-state index is 10.5. The lowest BCUT2D eigenvalue weighted by molar-refractivity contribution is -0.0694. The standard InChI is InChI=1S/C20H32O2/c1-15(2)18-11-9-16(3)7-6-8-17(4)10-12-19(21)20(5,22)14-13-18/h8-9,11,19,21-22H,1,6-7,10,12-14H2,2-5H3/b16-9+,17-8+,18-11+/t19-,20-/m1/s1. The number of aliphatic hydroxyl groups excluding tert-OH is 1. The molecule has 0 bridgehead atoms. The highest BCUT2D eigenvalue weighted by atomic mass is 16.3. The van der Waals surface area contributed by atoms with E-state index in [4.69, 9.17) is 0 Å². The van der Waals surface area contributed by atoms with E-state index in [1.807, 2.05) is 6.92 Å². The van der Waals surface area contributed by atoms with Crippen LogP contribution in [0.2, 0.25) is 0 Å². The van der Waals surface area contributed by atoms with Gasteiger partial charge in [0.25, 0.3) is 0 Å². The first-order valence-corrected chi connectivity index (χ1v) is 8.30. The molecule has 1 aliphatic rings. The average molecular weight is 304 g/mol. The molecule has 0 aromatic carbocycles. The van der Waals surface area contributed by atoms with Crippen LogP contribution in [-0.2, 0) is 0 Å². The van der Waals surface area contributed by atoms with Crippen molar-refractivity contribution in [2.75, 3.05) is 0 Å². The average Bonchev–Trinajstić information content (AvgIpc) is 2.43. The van der Waals surface area contributed by atoms with E-state index in [0.29, 0.717) is 12.8 Å². The van der Waals surface area contributed by atoms with Gasteiger partial charge in [-0.3, -0.25) is 0 Å². The third-order valence-corrected chi connectivity index (χ3v) is 4.58. The van der Waals surface area contributed by atoms with Crippen LogP contribution in [0.5, 0.6) is 0 Å². The second-order valence-corrected chi connectivity index (χ2v) is 6.99. The van der Waals surface area contributed by atoms with Crippen LogP contribution in [0.25, 0.3) is 0 Å². The zero-order valence-corrected chi connectivity index (χ0v) is 14.7. The van der Waals surface area contributed by atoms with Crippen molar-refractivity contribution in [3.05, 3.63) is 47.1 Å². The molecule has 22 heavy (non-hydrogen) atoms. The topological polar surface area (TPSA) is 40.5 Å². The van der Waals surface area contributed by atoms with Crippen molar-refractivity contribution >= 4 is 0 Å². The van der Waals surface area contributed by atoms with E-state index < -0.39 is 11.7 Å². The number of allylic oxidation sites excluding steroid dienone is 7. The summed E-state index contributed by atoms with van der Waals surface area (Å²) in [4.78, 5) is 0. The molecule has 2 N–H and O–H groups in total. The fourth-order valence-corrected chi connectivity index (χ4v) is 2.64. The summed E-state index contributed by atoms with van der Waals surface area (Å²) in [6.07, 6.45) is 10.6. The van der Waals surface area contributed by atoms with E-state index in [9.17, 15) is 10.2 Å². The smallest absolute Gasteiger partial charge is 0.0880 e. The van der Waals surface area contributed by atoms with Crippen molar-refractivity contribution in [1.82, 2.24) is 0 Å². The second-order valence-electron chi connectivity index (χ2n) is 6.99. The van der Waals surface area contributed by atoms with Gasteiger partial charge in [0.1, 0.15) is 0 Å². The van der Waals surface area contributed by atoms with Crippen LogP contribution in [0, 0.1) is 0 Å². The Hall–Kier alpha value is -1.12. The van der Waals surface area contributed by atoms with Gasteiger partial charge in [0, 0.05) is 0 Å². The Morgan fingerprint density at radius 1 is 1.18 bits per heavy atom. The van der Waals surface area contributed by atoms with Gasteiger partial charge in [0.15, 0.2) is 0 Å². The van der Waals surface area contributed by atoms with Crippen LogP contribution in [0.4, 0.5) is 0 Å². The molecular weight excluding hydrogens is 272 g/mol. The molecule has 0 aromatic heterocycles. The van der Waals surface area contributed by atoms with E-state index in [1.54, 1.807) is 6.92 Å². The molecule has 0 fully saturated rings. The van der Waals surface area contributed by atoms with Crippen molar-refractivity contribution in [3.8, 4) is 0 Å². The summed E-state index contributed by atoms with van der Waals surface area (Å²) in [5, 5.41) is 20.8. The molecule has 0 radical (unpaired) electrons. The van der Waals surface area contributed by atoms with Crippen LogP contribution >= 0.6 is 0 Å². The van der Waals surface area contributed by atoms with Gasteiger partial charge in [-0.1, -0.05) is 41.5 Å². The highest BCUT2D eigenvalue weighted by Crippen LogP contribution is 2.27. The first kappa shape index (κ1) is 18.9. The number of hydrogen-bond acceptors (Lipinski definition) is 2. The molecule has 0 saturated carbocycles. The lowest BCUT2D eigenvalue weighted by Gasteiger charge is -2.30. The summed E-state index contributed by atoms with van der Waals surface area (Å²) in [6, 6.07) is 0. The molecule has 0 unspecified atom stereocenters. The lowest BCUT2D eigenvalue weighted by atomic mass is 9.86. The third-order valence-electron chi connectivity index (χ3n) is 4.58. The monoisotopic (exact) mass is 304 g/mol. The Kier molecular flexibility index (Phi) is 7.31. The molecule has 0 saturated heterocycles. The van der Waals surface area contributed by atoms with E-state index >= 15 is 0 Å². The molecule has 0 aliphatic heterocycles. The fraction of sp³-hybridized carbons (Fsp3) is 0.600. The Balaban J connectivity index is 3.01. The van der Waals surface area contributed by atoms with Crippen LogP contribution in [-0.4, -0.2) is 21.9 Å². The highest BCUT2D eigenvalue weighted by Gasteiger charge is 2.29. The van der Waals surface area contributed by atoms with E-state index in [2.05, 4.69) is 38.7 Å². The SMILES string of the molecule is C=C(C)/C1=C/C=C(\C)CC/C=C(\C)CC[C@@H](O)[C@](C)(O)CC1. The molecule has 0 aromatic rings. The van der Waals surface area contributed by atoms with Crippen LogP contribution in [0.3, 0.4) is 0 Å². The van der Waals surface area contributed by atoms with E-state index in [1.165, 1.54) is 11.1 Å².